The number of hydrogen-bond donors (Lipinski definition) is 2. The van der Waals surface area contributed by atoms with Crippen LogP contribution in [0.1, 0.15) is 42.9 Å². The first-order chi connectivity index (χ1) is 16.7. The lowest BCUT2D eigenvalue weighted by molar-refractivity contribution is 0.290. The Morgan fingerprint density at radius 3 is 2.82 bits per heavy atom. The highest BCUT2D eigenvalue weighted by Crippen LogP contribution is 2.36. The van der Waals surface area contributed by atoms with Crippen LogP contribution in [0.15, 0.2) is 47.4 Å². The topological polar surface area (TPSA) is 98.9 Å². The van der Waals surface area contributed by atoms with Crippen LogP contribution in [0, 0.1) is 0 Å². The number of benzene rings is 1. The van der Waals surface area contributed by atoms with Gasteiger partial charge in [-0.15, -0.1) is 0 Å². The van der Waals surface area contributed by atoms with Crippen LogP contribution in [-0.2, 0) is 13.0 Å². The van der Waals surface area contributed by atoms with Gasteiger partial charge in [0.25, 0.3) is 5.56 Å². The van der Waals surface area contributed by atoms with E-state index in [9.17, 15) is 4.79 Å². The molecule has 0 radical (unpaired) electrons. The van der Waals surface area contributed by atoms with Gasteiger partial charge in [0.2, 0.25) is 11.8 Å². The second kappa shape index (κ2) is 7.66. The van der Waals surface area contributed by atoms with E-state index in [2.05, 4.69) is 33.8 Å². The van der Waals surface area contributed by atoms with Crippen molar-refractivity contribution in [1.29, 1.82) is 0 Å². The Hall–Kier alpha value is -3.72. The fourth-order valence-corrected chi connectivity index (χ4v) is 4.56. The molecular weight excluding hydrogens is 430 g/mol. The zero-order valence-corrected chi connectivity index (χ0v) is 18.7. The highest BCUT2D eigenvalue weighted by molar-refractivity contribution is 5.77. The van der Waals surface area contributed by atoms with Crippen molar-refractivity contribution < 1.29 is 4.74 Å². The minimum absolute atomic E-state index is 0.0841. The van der Waals surface area contributed by atoms with Crippen LogP contribution >= 0.6 is 0 Å². The lowest BCUT2D eigenvalue weighted by Crippen LogP contribution is -2.23. The summed E-state index contributed by atoms with van der Waals surface area (Å²) >= 11 is 0. The average Bonchev–Trinajstić information content (AvgIpc) is 3.79. The van der Waals surface area contributed by atoms with Crippen LogP contribution in [0.4, 0.5) is 11.6 Å². The third-order valence-corrected chi connectivity index (χ3v) is 6.60. The van der Waals surface area contributed by atoms with Crippen molar-refractivity contribution in [3.05, 3.63) is 64.1 Å². The minimum atomic E-state index is -0.0841. The van der Waals surface area contributed by atoms with E-state index in [1.165, 1.54) is 11.1 Å². The third kappa shape index (κ3) is 3.52. The first kappa shape index (κ1) is 19.7. The molecular formula is C25H25N7O2. The molecule has 0 unspecified atom stereocenters. The largest absolute Gasteiger partial charge is 0.474 e. The van der Waals surface area contributed by atoms with Crippen molar-refractivity contribution in [3.63, 3.8) is 0 Å². The van der Waals surface area contributed by atoms with Gasteiger partial charge in [-0.1, -0.05) is 12.1 Å². The van der Waals surface area contributed by atoms with Crippen molar-refractivity contribution in [2.24, 2.45) is 0 Å². The maximum Gasteiger partial charge on any atom is 0.278 e. The van der Waals surface area contributed by atoms with Crippen LogP contribution in [0.5, 0.6) is 5.88 Å². The normalized spacial score (nSPS) is 17.5. The summed E-state index contributed by atoms with van der Waals surface area (Å²) in [6.07, 6.45) is 6.97. The second-order valence-corrected chi connectivity index (χ2v) is 9.31. The van der Waals surface area contributed by atoms with Crippen molar-refractivity contribution in [1.82, 2.24) is 29.6 Å². The summed E-state index contributed by atoms with van der Waals surface area (Å²) in [6, 6.07) is 12.2. The van der Waals surface area contributed by atoms with E-state index in [1.54, 1.807) is 10.9 Å². The van der Waals surface area contributed by atoms with E-state index >= 15 is 0 Å². The van der Waals surface area contributed by atoms with E-state index < -0.39 is 0 Å². The van der Waals surface area contributed by atoms with Crippen LogP contribution < -0.4 is 20.9 Å². The van der Waals surface area contributed by atoms with Crippen LogP contribution in [0.2, 0.25) is 0 Å². The molecule has 0 saturated heterocycles. The standard InChI is InChI=1S/C25H25N7O2/c33-24-20-14-27-25(28-17-5-4-15-10-11-26-13-16(15)12-17)30-23(20)32(31(24)18-6-7-18)21-2-1-3-22(29-21)34-19-8-9-19/h1-5,12,14,18-19,26H,6-11,13H2,(H,27,28,30). The highest BCUT2D eigenvalue weighted by Gasteiger charge is 2.31. The summed E-state index contributed by atoms with van der Waals surface area (Å²) in [4.78, 5) is 27.2. The van der Waals surface area contributed by atoms with Gasteiger partial charge in [-0.3, -0.25) is 4.79 Å². The molecule has 2 N–H and O–H groups in total. The molecule has 0 amide bonds. The van der Waals surface area contributed by atoms with Gasteiger partial charge in [0.1, 0.15) is 11.5 Å². The number of aromatic nitrogens is 5. The summed E-state index contributed by atoms with van der Waals surface area (Å²) in [5, 5.41) is 7.22. The SMILES string of the molecule is O=c1c2cnc(Nc3ccc4c(c3)CNCC4)nc2n(-c2cccc(OC3CC3)n2)n1C1CC1. The van der Waals surface area contributed by atoms with Gasteiger partial charge < -0.3 is 15.4 Å². The lowest BCUT2D eigenvalue weighted by Gasteiger charge is -2.18. The molecule has 3 aliphatic rings. The molecule has 2 aliphatic carbocycles. The highest BCUT2D eigenvalue weighted by atomic mass is 16.5. The van der Waals surface area contributed by atoms with E-state index in [0.29, 0.717) is 28.7 Å². The zero-order chi connectivity index (χ0) is 22.6. The number of fused-ring (bicyclic) bond motifs is 2. The van der Waals surface area contributed by atoms with Gasteiger partial charge in [0, 0.05) is 24.5 Å². The molecule has 2 fully saturated rings. The fraction of sp³-hybridized carbons (Fsp3) is 0.360. The molecule has 4 heterocycles. The minimum Gasteiger partial charge on any atom is -0.474 e. The summed E-state index contributed by atoms with van der Waals surface area (Å²) in [5.41, 5.74) is 4.04. The summed E-state index contributed by atoms with van der Waals surface area (Å²) in [5.74, 6) is 1.65. The Labute approximate surface area is 195 Å². The van der Waals surface area contributed by atoms with Gasteiger partial charge in [0.15, 0.2) is 11.5 Å². The molecule has 172 valence electrons. The summed E-state index contributed by atoms with van der Waals surface area (Å²) in [6.45, 7) is 1.87. The Kier molecular flexibility index (Phi) is 4.45. The predicted octanol–water partition coefficient (Wildman–Crippen LogP) is 3.24. The maximum absolute atomic E-state index is 13.3. The van der Waals surface area contributed by atoms with E-state index in [1.807, 2.05) is 22.9 Å². The number of nitrogens with zero attached hydrogens (tertiary/aromatic N) is 5. The predicted molar refractivity (Wildman–Crippen MR) is 128 cm³/mol. The van der Waals surface area contributed by atoms with Gasteiger partial charge in [-0.05, 0) is 68.0 Å². The Morgan fingerprint density at radius 2 is 1.97 bits per heavy atom. The Balaban J connectivity index is 1.31. The number of hydrogen-bond acceptors (Lipinski definition) is 7. The van der Waals surface area contributed by atoms with Gasteiger partial charge >= 0.3 is 0 Å². The number of pyridine rings is 1. The third-order valence-electron chi connectivity index (χ3n) is 6.60. The van der Waals surface area contributed by atoms with Crippen molar-refractivity contribution >= 4 is 22.7 Å². The maximum atomic E-state index is 13.3. The Morgan fingerprint density at radius 1 is 1.06 bits per heavy atom. The lowest BCUT2D eigenvalue weighted by atomic mass is 10.0. The zero-order valence-electron chi connectivity index (χ0n) is 18.7. The fourth-order valence-electron chi connectivity index (χ4n) is 4.56. The molecule has 0 bridgehead atoms. The van der Waals surface area contributed by atoms with E-state index in [0.717, 1.165) is 50.9 Å². The first-order valence-electron chi connectivity index (χ1n) is 12.0. The summed E-state index contributed by atoms with van der Waals surface area (Å²) in [7, 11) is 0. The van der Waals surface area contributed by atoms with Crippen LogP contribution in [0.25, 0.3) is 16.9 Å². The number of ether oxygens (including phenoxy) is 1. The van der Waals surface area contributed by atoms with Crippen molar-refractivity contribution in [2.45, 2.75) is 50.8 Å². The molecule has 7 rings (SSSR count). The van der Waals surface area contributed by atoms with E-state index in [4.69, 9.17) is 14.7 Å². The van der Waals surface area contributed by atoms with Crippen molar-refractivity contribution in [2.75, 3.05) is 11.9 Å². The number of rotatable bonds is 6. The van der Waals surface area contributed by atoms with Gasteiger partial charge in [-0.25, -0.2) is 14.3 Å². The molecule has 9 heteroatoms. The smallest absolute Gasteiger partial charge is 0.278 e. The van der Waals surface area contributed by atoms with Crippen molar-refractivity contribution in [3.8, 4) is 11.7 Å². The van der Waals surface area contributed by atoms with E-state index in [-0.39, 0.29) is 17.7 Å². The molecule has 2 saturated carbocycles. The second-order valence-electron chi connectivity index (χ2n) is 9.31. The van der Waals surface area contributed by atoms with Crippen LogP contribution in [-0.4, -0.2) is 37.0 Å². The van der Waals surface area contributed by atoms with Gasteiger partial charge in [-0.2, -0.15) is 9.97 Å². The molecule has 9 nitrogen and oxygen atoms in total. The molecule has 1 aromatic carbocycles. The molecule has 3 aromatic heterocycles. The summed E-state index contributed by atoms with van der Waals surface area (Å²) < 4.78 is 9.52. The quantitative estimate of drug-likeness (QED) is 0.460. The van der Waals surface area contributed by atoms with Crippen LogP contribution in [0.3, 0.4) is 0 Å². The number of nitrogens with one attached hydrogen (secondary N) is 2. The Bertz CT molecular complexity index is 1470. The van der Waals surface area contributed by atoms with Gasteiger partial charge in [0.05, 0.1) is 6.04 Å². The first-order valence-corrected chi connectivity index (χ1v) is 12.0. The molecule has 4 aromatic rings. The molecule has 1 aliphatic heterocycles. The average molecular weight is 456 g/mol. The monoisotopic (exact) mass is 455 g/mol. The number of anilines is 2. The molecule has 0 atom stereocenters. The molecule has 0 spiro atoms. The molecule has 34 heavy (non-hydrogen) atoms.